The molecule has 0 saturated heterocycles. The van der Waals surface area contributed by atoms with Crippen LogP contribution in [0, 0.1) is 0 Å². The van der Waals surface area contributed by atoms with Gasteiger partial charge in [-0.1, -0.05) is 6.07 Å². The lowest BCUT2D eigenvalue weighted by molar-refractivity contribution is 0.0489. The maximum atomic E-state index is 11.5. The molecule has 0 unspecified atom stereocenters. The number of anilines is 1. The van der Waals surface area contributed by atoms with E-state index in [1.54, 1.807) is 31.4 Å². The van der Waals surface area contributed by atoms with Gasteiger partial charge >= 0.3 is 5.97 Å². The predicted molar refractivity (Wildman–Crippen MR) is 62.2 cm³/mol. The van der Waals surface area contributed by atoms with Gasteiger partial charge in [-0.05, 0) is 31.0 Å². The summed E-state index contributed by atoms with van der Waals surface area (Å²) in [5.41, 5.74) is 6.62. The first-order valence-corrected chi connectivity index (χ1v) is 5.25. The number of benzene rings is 1. The van der Waals surface area contributed by atoms with E-state index in [1.807, 2.05) is 0 Å². The molecule has 0 aliphatic carbocycles. The molecule has 16 heavy (non-hydrogen) atoms. The quantitative estimate of drug-likeness (QED) is 0.454. The van der Waals surface area contributed by atoms with Crippen LogP contribution in [0.3, 0.4) is 0 Å². The molecule has 0 amide bonds. The van der Waals surface area contributed by atoms with Gasteiger partial charge in [-0.3, -0.25) is 0 Å². The van der Waals surface area contributed by atoms with Gasteiger partial charge in [0.05, 0.1) is 12.2 Å². The number of rotatable bonds is 6. The average molecular weight is 223 g/mol. The van der Waals surface area contributed by atoms with Crippen LogP contribution >= 0.6 is 0 Å². The second-order valence-corrected chi connectivity index (χ2v) is 3.46. The van der Waals surface area contributed by atoms with Crippen LogP contribution in [0.5, 0.6) is 0 Å². The summed E-state index contributed by atoms with van der Waals surface area (Å²) in [5.74, 6) is -0.329. The Morgan fingerprint density at radius 1 is 1.31 bits per heavy atom. The SMILES string of the molecule is COCCCCOC(=O)c1cccc(N)c1. The summed E-state index contributed by atoms with van der Waals surface area (Å²) in [4.78, 5) is 11.5. The Balaban J connectivity index is 2.30. The number of methoxy groups -OCH3 is 1. The molecule has 4 nitrogen and oxygen atoms in total. The van der Waals surface area contributed by atoms with Crippen molar-refractivity contribution in [3.63, 3.8) is 0 Å². The van der Waals surface area contributed by atoms with Crippen molar-refractivity contribution >= 4 is 11.7 Å². The van der Waals surface area contributed by atoms with Gasteiger partial charge in [0.15, 0.2) is 0 Å². The first kappa shape index (κ1) is 12.5. The Bertz CT molecular complexity index is 339. The predicted octanol–water partition coefficient (Wildman–Crippen LogP) is 1.85. The maximum absolute atomic E-state index is 11.5. The van der Waals surface area contributed by atoms with E-state index in [0.29, 0.717) is 24.5 Å². The van der Waals surface area contributed by atoms with E-state index in [9.17, 15) is 4.79 Å². The van der Waals surface area contributed by atoms with E-state index < -0.39 is 0 Å². The zero-order valence-corrected chi connectivity index (χ0v) is 9.44. The number of esters is 1. The molecule has 0 heterocycles. The molecule has 0 atom stereocenters. The lowest BCUT2D eigenvalue weighted by Gasteiger charge is -2.05. The zero-order chi connectivity index (χ0) is 11.8. The highest BCUT2D eigenvalue weighted by Gasteiger charge is 2.06. The smallest absolute Gasteiger partial charge is 0.338 e. The molecule has 1 aromatic carbocycles. The molecule has 0 spiro atoms. The number of nitrogens with two attached hydrogens (primary N) is 1. The van der Waals surface area contributed by atoms with Crippen molar-refractivity contribution in [3.8, 4) is 0 Å². The third-order valence-corrected chi connectivity index (χ3v) is 2.10. The number of unbranched alkanes of at least 4 members (excludes halogenated alkanes) is 1. The molecule has 4 heteroatoms. The molecule has 1 aromatic rings. The Hall–Kier alpha value is -1.55. The van der Waals surface area contributed by atoms with Crippen LogP contribution in [-0.4, -0.2) is 26.3 Å². The van der Waals surface area contributed by atoms with Crippen LogP contribution in [0.15, 0.2) is 24.3 Å². The van der Waals surface area contributed by atoms with E-state index in [4.69, 9.17) is 15.2 Å². The largest absolute Gasteiger partial charge is 0.462 e. The second-order valence-electron chi connectivity index (χ2n) is 3.46. The standard InChI is InChI=1S/C12H17NO3/c1-15-7-2-3-8-16-12(14)10-5-4-6-11(13)9-10/h4-6,9H,2-3,7-8,13H2,1H3. The first-order valence-electron chi connectivity index (χ1n) is 5.25. The lowest BCUT2D eigenvalue weighted by atomic mass is 10.2. The van der Waals surface area contributed by atoms with Crippen LogP contribution in [-0.2, 0) is 9.47 Å². The van der Waals surface area contributed by atoms with Gasteiger partial charge in [-0.2, -0.15) is 0 Å². The highest BCUT2D eigenvalue weighted by molar-refractivity contribution is 5.90. The number of carbonyl (C=O) groups is 1. The monoisotopic (exact) mass is 223 g/mol. The molecule has 0 aliphatic rings. The minimum atomic E-state index is -0.329. The van der Waals surface area contributed by atoms with Crippen molar-refractivity contribution in [1.29, 1.82) is 0 Å². The van der Waals surface area contributed by atoms with Gasteiger partial charge in [0.1, 0.15) is 0 Å². The maximum Gasteiger partial charge on any atom is 0.338 e. The highest BCUT2D eigenvalue weighted by Crippen LogP contribution is 2.08. The summed E-state index contributed by atoms with van der Waals surface area (Å²) in [6, 6.07) is 6.76. The van der Waals surface area contributed by atoms with E-state index in [0.717, 1.165) is 12.8 Å². The molecular formula is C12H17NO3. The van der Waals surface area contributed by atoms with E-state index >= 15 is 0 Å². The number of ether oxygens (including phenoxy) is 2. The normalized spacial score (nSPS) is 10.1. The molecule has 0 fully saturated rings. The molecule has 0 aromatic heterocycles. The molecule has 1 rings (SSSR count). The molecule has 0 saturated carbocycles. The van der Waals surface area contributed by atoms with E-state index in [2.05, 4.69) is 0 Å². The van der Waals surface area contributed by atoms with Gasteiger partial charge in [0.2, 0.25) is 0 Å². The zero-order valence-electron chi connectivity index (χ0n) is 9.44. The van der Waals surface area contributed by atoms with E-state index in [1.165, 1.54) is 0 Å². The summed E-state index contributed by atoms with van der Waals surface area (Å²) in [6.45, 7) is 1.10. The van der Waals surface area contributed by atoms with Gasteiger partial charge in [-0.15, -0.1) is 0 Å². The van der Waals surface area contributed by atoms with Crippen LogP contribution in [0.1, 0.15) is 23.2 Å². The Morgan fingerprint density at radius 3 is 2.75 bits per heavy atom. The van der Waals surface area contributed by atoms with Crippen LogP contribution in [0.2, 0.25) is 0 Å². The van der Waals surface area contributed by atoms with Crippen molar-refractivity contribution in [2.24, 2.45) is 0 Å². The number of hydrogen-bond donors (Lipinski definition) is 1. The molecule has 0 aliphatic heterocycles. The molecule has 88 valence electrons. The molecule has 2 N–H and O–H groups in total. The first-order chi connectivity index (χ1) is 7.74. The van der Waals surface area contributed by atoms with Crippen LogP contribution in [0.25, 0.3) is 0 Å². The van der Waals surface area contributed by atoms with Gasteiger partial charge in [-0.25, -0.2) is 4.79 Å². The van der Waals surface area contributed by atoms with Crippen LogP contribution < -0.4 is 5.73 Å². The van der Waals surface area contributed by atoms with Crippen molar-refractivity contribution in [1.82, 2.24) is 0 Å². The van der Waals surface area contributed by atoms with Crippen molar-refractivity contribution < 1.29 is 14.3 Å². The summed E-state index contributed by atoms with van der Waals surface area (Å²) in [5, 5.41) is 0. The average Bonchev–Trinajstić information content (AvgIpc) is 2.28. The number of nitrogen functional groups attached to an aromatic ring is 1. The Labute approximate surface area is 95.3 Å². The highest BCUT2D eigenvalue weighted by atomic mass is 16.5. The Kier molecular flexibility index (Phi) is 5.36. The van der Waals surface area contributed by atoms with Gasteiger partial charge in [0.25, 0.3) is 0 Å². The van der Waals surface area contributed by atoms with Crippen molar-refractivity contribution in [3.05, 3.63) is 29.8 Å². The molecule has 0 radical (unpaired) electrons. The number of carbonyl (C=O) groups excluding carboxylic acids is 1. The van der Waals surface area contributed by atoms with Gasteiger partial charge < -0.3 is 15.2 Å². The summed E-state index contributed by atoms with van der Waals surface area (Å²) >= 11 is 0. The number of hydrogen-bond acceptors (Lipinski definition) is 4. The summed E-state index contributed by atoms with van der Waals surface area (Å²) in [6.07, 6.45) is 1.70. The minimum Gasteiger partial charge on any atom is -0.462 e. The lowest BCUT2D eigenvalue weighted by Crippen LogP contribution is -2.07. The fourth-order valence-corrected chi connectivity index (χ4v) is 1.26. The van der Waals surface area contributed by atoms with Crippen molar-refractivity contribution in [2.75, 3.05) is 26.1 Å². The van der Waals surface area contributed by atoms with E-state index in [-0.39, 0.29) is 5.97 Å². The third-order valence-electron chi connectivity index (χ3n) is 2.10. The second kappa shape index (κ2) is 6.85. The minimum absolute atomic E-state index is 0.329. The molecule has 0 bridgehead atoms. The van der Waals surface area contributed by atoms with Crippen molar-refractivity contribution in [2.45, 2.75) is 12.8 Å². The van der Waals surface area contributed by atoms with Gasteiger partial charge in [0, 0.05) is 19.4 Å². The fourth-order valence-electron chi connectivity index (χ4n) is 1.26. The van der Waals surface area contributed by atoms with Crippen LogP contribution in [0.4, 0.5) is 5.69 Å². The Morgan fingerprint density at radius 2 is 2.06 bits per heavy atom. The molecular weight excluding hydrogens is 206 g/mol. The summed E-state index contributed by atoms with van der Waals surface area (Å²) in [7, 11) is 1.65. The summed E-state index contributed by atoms with van der Waals surface area (Å²) < 4.78 is 9.97. The fraction of sp³-hybridized carbons (Fsp3) is 0.417. The topological polar surface area (TPSA) is 61.5 Å². The third kappa shape index (κ3) is 4.31.